The lowest BCUT2D eigenvalue weighted by molar-refractivity contribution is -0.147. The summed E-state index contributed by atoms with van der Waals surface area (Å²) in [5.41, 5.74) is 0. The second-order valence-electron chi connectivity index (χ2n) is 4.73. The highest BCUT2D eigenvalue weighted by Gasteiger charge is 2.51. The van der Waals surface area contributed by atoms with E-state index in [0.717, 1.165) is 6.42 Å². The van der Waals surface area contributed by atoms with E-state index in [1.807, 2.05) is 12.2 Å². The summed E-state index contributed by atoms with van der Waals surface area (Å²) in [4.78, 5) is 34.2. The summed E-state index contributed by atoms with van der Waals surface area (Å²) in [6.07, 6.45) is 4.51. The van der Waals surface area contributed by atoms with Crippen LogP contribution in [0.3, 0.4) is 0 Å². The molecule has 0 aromatic carbocycles. The van der Waals surface area contributed by atoms with E-state index in [-0.39, 0.29) is 30.2 Å². The van der Waals surface area contributed by atoms with Crippen molar-refractivity contribution in [1.82, 2.24) is 10.6 Å². The number of hydrogen-bond donors (Lipinski definition) is 3. The van der Waals surface area contributed by atoms with Crippen molar-refractivity contribution < 1.29 is 19.5 Å². The fourth-order valence-electron chi connectivity index (χ4n) is 2.89. The number of nitrogens with one attached hydrogen (secondary N) is 2. The molecule has 0 radical (unpaired) electrons. The molecular formula is C12H16N2O4. The predicted molar refractivity (Wildman–Crippen MR) is 62.4 cm³/mol. The zero-order valence-electron chi connectivity index (χ0n) is 10.1. The SMILES string of the molecule is CNC(=O)CNC(=O)[C@H]1C2C=CC(C2)[C@H]1C(=O)O. The first-order chi connectivity index (χ1) is 8.54. The van der Waals surface area contributed by atoms with Crippen LogP contribution in [0.2, 0.25) is 0 Å². The Kier molecular flexibility index (Phi) is 3.36. The molecule has 0 aromatic heterocycles. The standard InChI is InChI=1S/C12H16N2O4/c1-13-8(15)5-14-11(16)9-6-2-3-7(4-6)10(9)12(17)18/h2-3,6-7,9-10H,4-5H2,1H3,(H,13,15)(H,14,16)(H,17,18)/t6?,7?,9-,10+/m0/s1. The van der Waals surface area contributed by atoms with Crippen LogP contribution in [0.1, 0.15) is 6.42 Å². The molecule has 2 amide bonds. The number of amides is 2. The van der Waals surface area contributed by atoms with E-state index < -0.39 is 17.8 Å². The van der Waals surface area contributed by atoms with Gasteiger partial charge >= 0.3 is 5.97 Å². The number of fused-ring (bicyclic) bond motifs is 2. The zero-order valence-corrected chi connectivity index (χ0v) is 10.1. The van der Waals surface area contributed by atoms with Crippen LogP contribution in [0.25, 0.3) is 0 Å². The maximum Gasteiger partial charge on any atom is 0.307 e. The maximum atomic E-state index is 12.0. The Morgan fingerprint density at radius 1 is 1.22 bits per heavy atom. The molecular weight excluding hydrogens is 236 g/mol. The average molecular weight is 252 g/mol. The van der Waals surface area contributed by atoms with Gasteiger partial charge in [0.05, 0.1) is 18.4 Å². The van der Waals surface area contributed by atoms with E-state index in [0.29, 0.717) is 0 Å². The third-order valence-corrected chi connectivity index (χ3v) is 3.75. The van der Waals surface area contributed by atoms with Crippen molar-refractivity contribution in [3.8, 4) is 0 Å². The van der Waals surface area contributed by atoms with E-state index >= 15 is 0 Å². The molecule has 2 bridgehead atoms. The van der Waals surface area contributed by atoms with Crippen LogP contribution in [0, 0.1) is 23.7 Å². The van der Waals surface area contributed by atoms with Gasteiger partial charge in [0.1, 0.15) is 0 Å². The molecule has 0 aliphatic heterocycles. The van der Waals surface area contributed by atoms with Crippen LogP contribution < -0.4 is 10.6 Å². The summed E-state index contributed by atoms with van der Waals surface area (Å²) in [6.45, 7) is -0.112. The smallest absolute Gasteiger partial charge is 0.307 e. The van der Waals surface area contributed by atoms with Gasteiger partial charge in [-0.15, -0.1) is 0 Å². The molecule has 3 N–H and O–H groups in total. The fourth-order valence-corrected chi connectivity index (χ4v) is 2.89. The molecule has 6 nitrogen and oxygen atoms in total. The quantitative estimate of drug-likeness (QED) is 0.581. The van der Waals surface area contributed by atoms with Gasteiger partial charge in [-0.25, -0.2) is 0 Å². The molecule has 1 fully saturated rings. The Morgan fingerprint density at radius 2 is 1.83 bits per heavy atom. The molecule has 18 heavy (non-hydrogen) atoms. The third kappa shape index (κ3) is 2.10. The minimum atomic E-state index is -0.938. The normalized spacial score (nSPS) is 32.3. The fraction of sp³-hybridized carbons (Fsp3) is 0.583. The first-order valence-electron chi connectivity index (χ1n) is 5.94. The molecule has 6 heteroatoms. The highest BCUT2D eigenvalue weighted by Crippen LogP contribution is 2.48. The Bertz CT molecular complexity index is 418. The van der Waals surface area contributed by atoms with Gasteiger partial charge < -0.3 is 15.7 Å². The number of aliphatic carboxylic acids is 1. The Labute approximate surface area is 104 Å². The number of hydrogen-bond acceptors (Lipinski definition) is 3. The molecule has 2 rings (SSSR count). The maximum absolute atomic E-state index is 12.0. The predicted octanol–water partition coefficient (Wildman–Crippen LogP) is -0.628. The van der Waals surface area contributed by atoms with E-state index in [2.05, 4.69) is 10.6 Å². The van der Waals surface area contributed by atoms with Gasteiger partial charge in [-0.3, -0.25) is 14.4 Å². The summed E-state index contributed by atoms with van der Waals surface area (Å²) in [6, 6.07) is 0. The van der Waals surface area contributed by atoms with Crippen molar-refractivity contribution in [2.24, 2.45) is 23.7 Å². The van der Waals surface area contributed by atoms with E-state index in [9.17, 15) is 19.5 Å². The molecule has 1 saturated carbocycles. The highest BCUT2D eigenvalue weighted by molar-refractivity contribution is 5.89. The second-order valence-corrected chi connectivity index (χ2v) is 4.73. The van der Waals surface area contributed by atoms with Crippen LogP contribution in [0.4, 0.5) is 0 Å². The summed E-state index contributed by atoms with van der Waals surface area (Å²) in [5, 5.41) is 14.1. The number of carbonyl (C=O) groups is 3. The van der Waals surface area contributed by atoms with Crippen molar-refractivity contribution in [1.29, 1.82) is 0 Å². The molecule has 4 atom stereocenters. The first kappa shape index (κ1) is 12.6. The van der Waals surface area contributed by atoms with Crippen LogP contribution >= 0.6 is 0 Å². The molecule has 2 aliphatic rings. The van der Waals surface area contributed by atoms with Crippen LogP contribution in [0.5, 0.6) is 0 Å². The number of rotatable bonds is 4. The summed E-state index contributed by atoms with van der Waals surface area (Å²) in [7, 11) is 1.48. The van der Waals surface area contributed by atoms with Gasteiger partial charge in [-0.1, -0.05) is 12.2 Å². The minimum absolute atomic E-state index is 0.0132. The Balaban J connectivity index is 2.03. The van der Waals surface area contributed by atoms with Crippen molar-refractivity contribution in [2.75, 3.05) is 13.6 Å². The number of likely N-dealkylation sites (N-methyl/N-ethyl adjacent to an activating group) is 1. The van der Waals surface area contributed by atoms with Crippen LogP contribution in [0.15, 0.2) is 12.2 Å². The number of carboxylic acids is 1. The average Bonchev–Trinajstić information content (AvgIpc) is 2.95. The van der Waals surface area contributed by atoms with Crippen LogP contribution in [-0.4, -0.2) is 36.5 Å². The molecule has 0 saturated heterocycles. The van der Waals surface area contributed by atoms with Gasteiger partial charge in [0, 0.05) is 7.05 Å². The lowest BCUT2D eigenvalue weighted by atomic mass is 9.82. The van der Waals surface area contributed by atoms with E-state index in [1.165, 1.54) is 7.05 Å². The van der Waals surface area contributed by atoms with E-state index in [1.54, 1.807) is 0 Å². The lowest BCUT2D eigenvalue weighted by Gasteiger charge is -2.23. The zero-order chi connectivity index (χ0) is 13.3. The molecule has 0 spiro atoms. The number of allylic oxidation sites excluding steroid dienone is 2. The topological polar surface area (TPSA) is 95.5 Å². The molecule has 0 aromatic rings. The third-order valence-electron chi connectivity index (χ3n) is 3.75. The summed E-state index contributed by atoms with van der Waals surface area (Å²) < 4.78 is 0. The van der Waals surface area contributed by atoms with Gasteiger partial charge in [-0.05, 0) is 18.3 Å². The monoisotopic (exact) mass is 252 g/mol. The minimum Gasteiger partial charge on any atom is -0.481 e. The molecule has 2 unspecified atom stereocenters. The summed E-state index contributed by atoms with van der Waals surface area (Å²) >= 11 is 0. The number of carbonyl (C=O) groups excluding carboxylic acids is 2. The van der Waals surface area contributed by atoms with E-state index in [4.69, 9.17) is 0 Å². The second kappa shape index (κ2) is 4.80. The van der Waals surface area contributed by atoms with Crippen molar-refractivity contribution >= 4 is 17.8 Å². The molecule has 98 valence electrons. The van der Waals surface area contributed by atoms with Crippen molar-refractivity contribution in [3.05, 3.63) is 12.2 Å². The summed E-state index contributed by atoms with van der Waals surface area (Å²) in [5.74, 6) is -2.86. The lowest BCUT2D eigenvalue weighted by Crippen LogP contribution is -2.43. The van der Waals surface area contributed by atoms with Gasteiger partial charge in [-0.2, -0.15) is 0 Å². The Hall–Kier alpha value is -1.85. The Morgan fingerprint density at radius 3 is 2.39 bits per heavy atom. The van der Waals surface area contributed by atoms with Crippen molar-refractivity contribution in [3.63, 3.8) is 0 Å². The largest absolute Gasteiger partial charge is 0.481 e. The molecule has 0 heterocycles. The van der Waals surface area contributed by atoms with Gasteiger partial charge in [0.2, 0.25) is 11.8 Å². The van der Waals surface area contributed by atoms with Gasteiger partial charge in [0.25, 0.3) is 0 Å². The first-order valence-corrected chi connectivity index (χ1v) is 5.94. The highest BCUT2D eigenvalue weighted by atomic mass is 16.4. The number of carboxylic acid groups (broad SMARTS) is 1. The molecule has 2 aliphatic carbocycles. The van der Waals surface area contributed by atoms with Crippen molar-refractivity contribution in [2.45, 2.75) is 6.42 Å². The van der Waals surface area contributed by atoms with Crippen LogP contribution in [-0.2, 0) is 14.4 Å². The van der Waals surface area contributed by atoms with Gasteiger partial charge in [0.15, 0.2) is 0 Å².